The van der Waals surface area contributed by atoms with Gasteiger partial charge in [0.1, 0.15) is 6.04 Å². The van der Waals surface area contributed by atoms with Gasteiger partial charge < -0.3 is 19.3 Å². The standard InChI is InChI=1S/C19H28N2O4/c1-5-12-25-16-10-9-14(13-17(16)24-6-2)18(22)21-11-7-8-15(21)19(23)20(3)4/h9-10,13,15H,5-8,11-12H2,1-4H3. The second-order valence-corrected chi connectivity index (χ2v) is 6.33. The predicted molar refractivity (Wildman–Crippen MR) is 96.1 cm³/mol. The Bertz CT molecular complexity index is 615. The van der Waals surface area contributed by atoms with Crippen LogP contribution in [0, 0.1) is 0 Å². The minimum absolute atomic E-state index is 0.0289. The summed E-state index contributed by atoms with van der Waals surface area (Å²) in [6, 6.07) is 4.85. The van der Waals surface area contributed by atoms with Crippen molar-refractivity contribution in [3.8, 4) is 11.5 Å². The zero-order valence-electron chi connectivity index (χ0n) is 15.6. The molecule has 1 atom stereocenters. The number of ether oxygens (including phenoxy) is 2. The number of hydrogen-bond donors (Lipinski definition) is 0. The number of hydrogen-bond acceptors (Lipinski definition) is 4. The lowest BCUT2D eigenvalue weighted by molar-refractivity contribution is -0.132. The molecule has 2 amide bonds. The Labute approximate surface area is 149 Å². The van der Waals surface area contributed by atoms with E-state index in [2.05, 4.69) is 0 Å². The molecule has 1 aromatic carbocycles. The largest absolute Gasteiger partial charge is 0.490 e. The van der Waals surface area contributed by atoms with Gasteiger partial charge in [0.25, 0.3) is 5.91 Å². The third kappa shape index (κ3) is 4.44. The van der Waals surface area contributed by atoms with Gasteiger partial charge in [-0.25, -0.2) is 0 Å². The molecule has 0 radical (unpaired) electrons. The van der Waals surface area contributed by atoms with E-state index in [1.54, 1.807) is 42.1 Å². The number of benzene rings is 1. The lowest BCUT2D eigenvalue weighted by Gasteiger charge is -2.26. The third-order valence-corrected chi connectivity index (χ3v) is 4.19. The van der Waals surface area contributed by atoms with Crippen molar-refractivity contribution in [2.45, 2.75) is 39.2 Å². The van der Waals surface area contributed by atoms with Crippen LogP contribution in [0.4, 0.5) is 0 Å². The molecule has 0 saturated carbocycles. The van der Waals surface area contributed by atoms with Crippen LogP contribution in [0.2, 0.25) is 0 Å². The highest BCUT2D eigenvalue weighted by molar-refractivity contribution is 5.98. The molecule has 1 fully saturated rings. The predicted octanol–water partition coefficient (Wildman–Crippen LogP) is 2.57. The van der Waals surface area contributed by atoms with E-state index in [0.29, 0.717) is 43.2 Å². The van der Waals surface area contributed by atoms with E-state index in [9.17, 15) is 9.59 Å². The number of likely N-dealkylation sites (tertiary alicyclic amines) is 1. The maximum absolute atomic E-state index is 12.9. The van der Waals surface area contributed by atoms with Gasteiger partial charge in [0.15, 0.2) is 11.5 Å². The lowest BCUT2D eigenvalue weighted by atomic mass is 10.1. The topological polar surface area (TPSA) is 59.1 Å². The van der Waals surface area contributed by atoms with E-state index in [4.69, 9.17) is 9.47 Å². The normalized spacial score (nSPS) is 16.6. The van der Waals surface area contributed by atoms with Crippen LogP contribution in [0.5, 0.6) is 11.5 Å². The van der Waals surface area contributed by atoms with Crippen molar-refractivity contribution >= 4 is 11.8 Å². The van der Waals surface area contributed by atoms with Crippen molar-refractivity contribution in [2.75, 3.05) is 33.9 Å². The molecule has 1 saturated heterocycles. The monoisotopic (exact) mass is 348 g/mol. The SMILES string of the molecule is CCCOc1ccc(C(=O)N2CCCC2C(=O)N(C)C)cc1OCC. The summed E-state index contributed by atoms with van der Waals surface area (Å²) in [7, 11) is 3.44. The summed E-state index contributed by atoms with van der Waals surface area (Å²) >= 11 is 0. The highest BCUT2D eigenvalue weighted by Gasteiger charge is 2.35. The third-order valence-electron chi connectivity index (χ3n) is 4.19. The Morgan fingerprint density at radius 3 is 2.60 bits per heavy atom. The number of likely N-dealkylation sites (N-methyl/N-ethyl adjacent to an activating group) is 1. The van der Waals surface area contributed by atoms with E-state index in [-0.39, 0.29) is 17.9 Å². The first-order chi connectivity index (χ1) is 12.0. The molecule has 0 bridgehead atoms. The Kier molecular flexibility index (Phi) is 6.67. The quantitative estimate of drug-likeness (QED) is 0.760. The fourth-order valence-electron chi connectivity index (χ4n) is 2.97. The van der Waals surface area contributed by atoms with Crippen LogP contribution < -0.4 is 9.47 Å². The van der Waals surface area contributed by atoms with E-state index < -0.39 is 0 Å². The molecule has 0 N–H and O–H groups in total. The summed E-state index contributed by atoms with van der Waals surface area (Å²) in [5.41, 5.74) is 0.519. The molecule has 0 spiro atoms. The molecule has 0 aromatic heterocycles. The molecule has 1 aromatic rings. The molecule has 138 valence electrons. The van der Waals surface area contributed by atoms with E-state index >= 15 is 0 Å². The maximum Gasteiger partial charge on any atom is 0.254 e. The van der Waals surface area contributed by atoms with E-state index in [0.717, 1.165) is 12.8 Å². The molecule has 1 aliphatic heterocycles. The minimum Gasteiger partial charge on any atom is -0.490 e. The highest BCUT2D eigenvalue weighted by atomic mass is 16.5. The summed E-state index contributed by atoms with van der Waals surface area (Å²) < 4.78 is 11.3. The molecule has 25 heavy (non-hydrogen) atoms. The smallest absolute Gasteiger partial charge is 0.254 e. The second kappa shape index (κ2) is 8.74. The number of amides is 2. The van der Waals surface area contributed by atoms with E-state index in [1.807, 2.05) is 13.8 Å². The number of nitrogens with zero attached hydrogens (tertiary/aromatic N) is 2. The van der Waals surface area contributed by atoms with Gasteiger partial charge in [-0.2, -0.15) is 0 Å². The Morgan fingerprint density at radius 1 is 1.20 bits per heavy atom. The second-order valence-electron chi connectivity index (χ2n) is 6.33. The Balaban J connectivity index is 2.23. The molecule has 1 aliphatic rings. The van der Waals surface area contributed by atoms with Gasteiger partial charge in [0, 0.05) is 26.2 Å². The van der Waals surface area contributed by atoms with E-state index in [1.165, 1.54) is 0 Å². The summed E-state index contributed by atoms with van der Waals surface area (Å²) in [5, 5.41) is 0. The first kappa shape index (κ1) is 19.1. The molecule has 1 unspecified atom stereocenters. The van der Waals surface area contributed by atoms with Gasteiger partial charge in [-0.1, -0.05) is 6.92 Å². The van der Waals surface area contributed by atoms with Crippen molar-refractivity contribution in [2.24, 2.45) is 0 Å². The van der Waals surface area contributed by atoms with Crippen molar-refractivity contribution in [1.29, 1.82) is 0 Å². The van der Waals surface area contributed by atoms with Crippen LogP contribution in [0.15, 0.2) is 18.2 Å². The van der Waals surface area contributed by atoms with Gasteiger partial charge in [0.05, 0.1) is 13.2 Å². The van der Waals surface area contributed by atoms with Crippen LogP contribution in [-0.4, -0.2) is 61.5 Å². The Hall–Kier alpha value is -2.24. The zero-order chi connectivity index (χ0) is 18.4. The lowest BCUT2D eigenvalue weighted by Crippen LogP contribution is -2.45. The number of carbonyl (C=O) groups excluding carboxylic acids is 2. The fourth-order valence-corrected chi connectivity index (χ4v) is 2.97. The molecule has 0 aliphatic carbocycles. The first-order valence-electron chi connectivity index (χ1n) is 8.91. The average molecular weight is 348 g/mol. The first-order valence-corrected chi connectivity index (χ1v) is 8.91. The van der Waals surface area contributed by atoms with Crippen LogP contribution in [-0.2, 0) is 4.79 Å². The fraction of sp³-hybridized carbons (Fsp3) is 0.579. The summed E-state index contributed by atoms with van der Waals surface area (Å²) in [4.78, 5) is 28.5. The highest BCUT2D eigenvalue weighted by Crippen LogP contribution is 2.30. The van der Waals surface area contributed by atoms with Crippen molar-refractivity contribution in [3.63, 3.8) is 0 Å². The maximum atomic E-state index is 12.9. The molecule has 1 heterocycles. The number of rotatable bonds is 7. The van der Waals surface area contributed by atoms with Crippen molar-refractivity contribution in [3.05, 3.63) is 23.8 Å². The van der Waals surface area contributed by atoms with Gasteiger partial charge in [-0.05, 0) is 44.4 Å². The van der Waals surface area contributed by atoms with Crippen molar-refractivity contribution in [1.82, 2.24) is 9.80 Å². The summed E-state index contributed by atoms with van der Waals surface area (Å²) in [6.07, 6.45) is 2.44. The van der Waals surface area contributed by atoms with Gasteiger partial charge in [0.2, 0.25) is 5.91 Å². The van der Waals surface area contributed by atoms with Crippen LogP contribution in [0.3, 0.4) is 0 Å². The van der Waals surface area contributed by atoms with Crippen LogP contribution in [0.25, 0.3) is 0 Å². The molecule has 6 heteroatoms. The van der Waals surface area contributed by atoms with Crippen LogP contribution in [0.1, 0.15) is 43.5 Å². The molecule has 6 nitrogen and oxygen atoms in total. The number of carbonyl (C=O) groups is 2. The Morgan fingerprint density at radius 2 is 1.96 bits per heavy atom. The van der Waals surface area contributed by atoms with Crippen LogP contribution >= 0.6 is 0 Å². The molecular formula is C19H28N2O4. The average Bonchev–Trinajstić information content (AvgIpc) is 3.09. The molecule has 2 rings (SSSR count). The van der Waals surface area contributed by atoms with Gasteiger partial charge in [-0.15, -0.1) is 0 Å². The van der Waals surface area contributed by atoms with Gasteiger partial charge in [-0.3, -0.25) is 9.59 Å². The summed E-state index contributed by atoms with van der Waals surface area (Å²) in [6.45, 7) is 5.61. The van der Waals surface area contributed by atoms with Gasteiger partial charge >= 0.3 is 0 Å². The minimum atomic E-state index is -0.380. The molecular weight excluding hydrogens is 320 g/mol. The van der Waals surface area contributed by atoms with Crippen molar-refractivity contribution < 1.29 is 19.1 Å². The summed E-state index contributed by atoms with van der Waals surface area (Å²) in [5.74, 6) is 1.04. The zero-order valence-corrected chi connectivity index (χ0v) is 15.6.